The van der Waals surface area contributed by atoms with E-state index in [0.29, 0.717) is 22.5 Å². The first kappa shape index (κ1) is 12.2. The lowest BCUT2D eigenvalue weighted by Crippen LogP contribution is -1.92. The van der Waals surface area contributed by atoms with Crippen LogP contribution in [0.5, 0.6) is 11.5 Å². The largest absolute Gasteiger partial charge is 0.454 e. The van der Waals surface area contributed by atoms with Crippen molar-refractivity contribution in [3.63, 3.8) is 0 Å². The van der Waals surface area contributed by atoms with Crippen molar-refractivity contribution in [1.82, 2.24) is 10.1 Å². The molecule has 2 heterocycles. The molecular weight excluding hydrogens is 292 g/mol. The summed E-state index contributed by atoms with van der Waals surface area (Å²) in [6, 6.07) is 12.8. The zero-order valence-electron chi connectivity index (χ0n) is 10.7. The first-order valence-corrected chi connectivity index (χ1v) is 6.67. The van der Waals surface area contributed by atoms with Crippen molar-refractivity contribution in [2.75, 3.05) is 6.79 Å². The molecule has 1 aromatic heterocycles. The van der Waals surface area contributed by atoms with Crippen LogP contribution >= 0.6 is 11.6 Å². The van der Waals surface area contributed by atoms with Crippen LogP contribution in [0.25, 0.3) is 22.8 Å². The van der Waals surface area contributed by atoms with E-state index in [1.807, 2.05) is 30.3 Å². The fourth-order valence-corrected chi connectivity index (χ4v) is 2.31. The molecule has 0 atom stereocenters. The Balaban J connectivity index is 1.71. The number of halogens is 1. The topological polar surface area (TPSA) is 57.4 Å². The van der Waals surface area contributed by atoms with E-state index < -0.39 is 0 Å². The molecule has 1 aliphatic heterocycles. The highest BCUT2D eigenvalue weighted by Crippen LogP contribution is 2.35. The Labute approximate surface area is 125 Å². The van der Waals surface area contributed by atoms with Gasteiger partial charge < -0.3 is 14.0 Å². The minimum absolute atomic E-state index is 0.235. The summed E-state index contributed by atoms with van der Waals surface area (Å²) in [7, 11) is 0. The number of nitrogens with zero attached hydrogens (tertiary/aromatic N) is 2. The second-order valence-corrected chi connectivity index (χ2v) is 4.94. The summed E-state index contributed by atoms with van der Waals surface area (Å²) in [5.41, 5.74) is 1.58. The van der Waals surface area contributed by atoms with Crippen molar-refractivity contribution in [3.05, 3.63) is 47.5 Å². The van der Waals surface area contributed by atoms with Gasteiger partial charge in [-0.15, -0.1) is 0 Å². The van der Waals surface area contributed by atoms with E-state index >= 15 is 0 Å². The molecule has 3 aromatic rings. The van der Waals surface area contributed by atoms with Crippen LogP contribution in [0, 0.1) is 0 Å². The van der Waals surface area contributed by atoms with Gasteiger partial charge in [0.05, 0.1) is 0 Å². The second-order valence-electron chi connectivity index (χ2n) is 4.50. The van der Waals surface area contributed by atoms with E-state index in [1.165, 1.54) is 0 Å². The fraction of sp³-hybridized carbons (Fsp3) is 0.0667. The van der Waals surface area contributed by atoms with Crippen LogP contribution in [0.1, 0.15) is 0 Å². The molecule has 5 nitrogen and oxygen atoms in total. The van der Waals surface area contributed by atoms with Crippen molar-refractivity contribution < 1.29 is 14.0 Å². The summed E-state index contributed by atoms with van der Waals surface area (Å²) in [6.45, 7) is 0.235. The van der Waals surface area contributed by atoms with E-state index in [2.05, 4.69) is 10.1 Å². The maximum absolute atomic E-state index is 5.96. The van der Waals surface area contributed by atoms with Crippen LogP contribution in [0.2, 0.25) is 5.02 Å². The molecule has 0 amide bonds. The third-order valence-electron chi connectivity index (χ3n) is 3.13. The third-order valence-corrected chi connectivity index (χ3v) is 3.36. The Morgan fingerprint density at radius 2 is 1.86 bits per heavy atom. The fourth-order valence-electron chi connectivity index (χ4n) is 2.12. The summed E-state index contributed by atoms with van der Waals surface area (Å²) in [6.07, 6.45) is 0. The smallest absolute Gasteiger partial charge is 0.258 e. The Hall–Kier alpha value is -2.53. The van der Waals surface area contributed by atoms with Crippen molar-refractivity contribution >= 4 is 11.6 Å². The highest BCUT2D eigenvalue weighted by atomic mass is 35.5. The molecule has 104 valence electrons. The average Bonchev–Trinajstić information content (AvgIpc) is 3.15. The van der Waals surface area contributed by atoms with Gasteiger partial charge in [-0.05, 0) is 36.4 Å². The molecule has 1 aliphatic rings. The molecule has 0 fully saturated rings. The van der Waals surface area contributed by atoms with Crippen molar-refractivity contribution in [3.8, 4) is 34.3 Å². The maximum atomic E-state index is 5.96. The minimum Gasteiger partial charge on any atom is -0.454 e. The summed E-state index contributed by atoms with van der Waals surface area (Å²) in [5, 5.41) is 4.61. The zero-order valence-corrected chi connectivity index (χ0v) is 11.5. The SMILES string of the molecule is Clc1cccc(-c2nc(-c3ccc4c(c3)OCO4)no2)c1. The quantitative estimate of drug-likeness (QED) is 0.720. The number of hydrogen-bond donors (Lipinski definition) is 0. The van der Waals surface area contributed by atoms with Gasteiger partial charge in [-0.2, -0.15) is 4.98 Å². The molecule has 0 saturated carbocycles. The third kappa shape index (κ3) is 2.21. The van der Waals surface area contributed by atoms with Crippen LogP contribution in [0.3, 0.4) is 0 Å². The molecule has 0 bridgehead atoms. The van der Waals surface area contributed by atoms with Gasteiger partial charge in [-0.3, -0.25) is 0 Å². The Kier molecular flexibility index (Phi) is 2.79. The van der Waals surface area contributed by atoms with Crippen molar-refractivity contribution in [2.45, 2.75) is 0 Å². The Bertz CT molecular complexity index is 816. The Morgan fingerprint density at radius 3 is 2.76 bits per heavy atom. The van der Waals surface area contributed by atoms with Crippen LogP contribution in [0.15, 0.2) is 47.0 Å². The second kappa shape index (κ2) is 4.79. The molecule has 0 unspecified atom stereocenters. The van der Waals surface area contributed by atoms with Crippen molar-refractivity contribution in [1.29, 1.82) is 0 Å². The molecule has 0 aliphatic carbocycles. The van der Waals surface area contributed by atoms with Gasteiger partial charge in [-0.1, -0.05) is 22.8 Å². The summed E-state index contributed by atoms with van der Waals surface area (Å²) >= 11 is 5.96. The lowest BCUT2D eigenvalue weighted by molar-refractivity contribution is 0.174. The van der Waals surface area contributed by atoms with Gasteiger partial charge >= 0.3 is 0 Å². The number of rotatable bonds is 2. The minimum atomic E-state index is 0.235. The number of hydrogen-bond acceptors (Lipinski definition) is 5. The molecule has 4 rings (SSSR count). The highest BCUT2D eigenvalue weighted by molar-refractivity contribution is 6.30. The maximum Gasteiger partial charge on any atom is 0.258 e. The first-order chi connectivity index (χ1) is 10.3. The predicted molar refractivity (Wildman–Crippen MR) is 76.3 cm³/mol. The highest BCUT2D eigenvalue weighted by Gasteiger charge is 2.17. The van der Waals surface area contributed by atoms with Gasteiger partial charge in [0.2, 0.25) is 12.6 Å². The molecule has 2 aromatic carbocycles. The zero-order chi connectivity index (χ0) is 14.2. The number of aromatic nitrogens is 2. The van der Waals surface area contributed by atoms with Crippen LogP contribution < -0.4 is 9.47 Å². The molecule has 6 heteroatoms. The number of benzene rings is 2. The summed E-state index contributed by atoms with van der Waals surface area (Å²) in [4.78, 5) is 4.38. The molecule has 0 spiro atoms. The van der Waals surface area contributed by atoms with Gasteiger partial charge in [-0.25, -0.2) is 0 Å². The van der Waals surface area contributed by atoms with Crippen LogP contribution in [-0.2, 0) is 0 Å². The van der Waals surface area contributed by atoms with Crippen LogP contribution in [0.4, 0.5) is 0 Å². The monoisotopic (exact) mass is 300 g/mol. The summed E-state index contributed by atoms with van der Waals surface area (Å²) < 4.78 is 15.9. The van der Waals surface area contributed by atoms with E-state index in [0.717, 1.165) is 16.9 Å². The van der Waals surface area contributed by atoms with Gasteiger partial charge in [0.1, 0.15) is 0 Å². The van der Waals surface area contributed by atoms with E-state index in [9.17, 15) is 0 Å². The van der Waals surface area contributed by atoms with E-state index in [4.69, 9.17) is 25.6 Å². The van der Waals surface area contributed by atoms with Gasteiger partial charge in [0.15, 0.2) is 11.5 Å². The van der Waals surface area contributed by atoms with Gasteiger partial charge in [0, 0.05) is 16.1 Å². The lowest BCUT2D eigenvalue weighted by Gasteiger charge is -1.97. The average molecular weight is 301 g/mol. The van der Waals surface area contributed by atoms with Crippen LogP contribution in [-0.4, -0.2) is 16.9 Å². The Morgan fingerprint density at radius 1 is 0.952 bits per heavy atom. The van der Waals surface area contributed by atoms with E-state index in [1.54, 1.807) is 12.1 Å². The molecule has 0 saturated heterocycles. The lowest BCUT2D eigenvalue weighted by atomic mass is 10.2. The predicted octanol–water partition coefficient (Wildman–Crippen LogP) is 3.79. The standard InChI is InChI=1S/C15H9ClN2O3/c16-11-3-1-2-10(6-11)15-17-14(18-21-15)9-4-5-12-13(7-9)20-8-19-12/h1-7H,8H2. The number of ether oxygens (including phenoxy) is 2. The molecule has 21 heavy (non-hydrogen) atoms. The van der Waals surface area contributed by atoms with Crippen molar-refractivity contribution in [2.24, 2.45) is 0 Å². The first-order valence-electron chi connectivity index (χ1n) is 6.29. The summed E-state index contributed by atoms with van der Waals surface area (Å²) in [5.74, 6) is 2.31. The normalized spacial score (nSPS) is 12.6. The molecular formula is C15H9ClN2O3. The van der Waals surface area contributed by atoms with E-state index in [-0.39, 0.29) is 6.79 Å². The number of fused-ring (bicyclic) bond motifs is 1. The molecule has 0 radical (unpaired) electrons. The van der Waals surface area contributed by atoms with Gasteiger partial charge in [0.25, 0.3) is 5.89 Å². The molecule has 0 N–H and O–H groups in total.